The fourth-order valence-electron chi connectivity index (χ4n) is 2.73. The molecule has 3 heteroatoms. The molecule has 2 nitrogen and oxygen atoms in total. The predicted molar refractivity (Wildman–Crippen MR) is 80.3 cm³/mol. The fraction of sp³-hybridized carbons (Fsp3) is 0.294. The molecule has 104 valence electrons. The summed E-state index contributed by atoms with van der Waals surface area (Å²) in [7, 11) is 0. The highest BCUT2D eigenvalue weighted by Gasteiger charge is 2.15. The van der Waals surface area contributed by atoms with Crippen molar-refractivity contribution in [1.29, 1.82) is 0 Å². The number of nitrogens with zero attached hydrogens (tertiary/aromatic N) is 1. The van der Waals surface area contributed by atoms with Crippen LogP contribution in [0.1, 0.15) is 16.7 Å². The minimum absolute atomic E-state index is 0.163. The molecule has 20 heavy (non-hydrogen) atoms. The molecule has 2 aromatic rings. The lowest BCUT2D eigenvalue weighted by Gasteiger charge is -2.25. The number of nitrogens with one attached hydrogen (secondary N) is 1. The molecule has 0 bridgehead atoms. The largest absolute Gasteiger partial charge is 0.366 e. The lowest BCUT2D eigenvalue weighted by atomic mass is 10.1. The van der Waals surface area contributed by atoms with Gasteiger partial charge in [-0.25, -0.2) is 4.39 Å². The molecule has 0 atom stereocenters. The number of halogens is 1. The number of hydrogen-bond donors (Lipinski definition) is 1. The first-order valence-corrected chi connectivity index (χ1v) is 7.02. The third kappa shape index (κ3) is 2.68. The van der Waals surface area contributed by atoms with Crippen molar-refractivity contribution in [3.05, 3.63) is 65.0 Å². The van der Waals surface area contributed by atoms with E-state index in [1.54, 1.807) is 12.1 Å². The van der Waals surface area contributed by atoms with E-state index in [0.717, 1.165) is 31.7 Å². The Kier molecular flexibility index (Phi) is 3.70. The van der Waals surface area contributed by atoms with Crippen molar-refractivity contribution >= 4 is 5.69 Å². The highest BCUT2D eigenvalue weighted by Crippen LogP contribution is 2.24. The van der Waals surface area contributed by atoms with Crippen LogP contribution in [0.3, 0.4) is 0 Å². The normalized spacial score (nSPS) is 14.8. The van der Waals surface area contributed by atoms with Crippen molar-refractivity contribution in [2.24, 2.45) is 0 Å². The summed E-state index contributed by atoms with van der Waals surface area (Å²) in [6.45, 7) is 5.64. The molecule has 0 saturated heterocycles. The number of hydrogen-bond acceptors (Lipinski definition) is 2. The van der Waals surface area contributed by atoms with Gasteiger partial charge in [0.15, 0.2) is 0 Å². The van der Waals surface area contributed by atoms with Crippen LogP contribution >= 0.6 is 0 Å². The summed E-state index contributed by atoms with van der Waals surface area (Å²) in [5.74, 6) is -0.163. The van der Waals surface area contributed by atoms with Gasteiger partial charge < -0.3 is 10.2 Å². The van der Waals surface area contributed by atoms with Gasteiger partial charge in [-0.3, -0.25) is 0 Å². The quantitative estimate of drug-likeness (QED) is 0.901. The highest BCUT2D eigenvalue weighted by molar-refractivity contribution is 5.55. The molecule has 0 amide bonds. The molecule has 1 aliphatic heterocycles. The summed E-state index contributed by atoms with van der Waals surface area (Å²) < 4.78 is 13.2. The molecule has 0 aliphatic carbocycles. The van der Waals surface area contributed by atoms with Gasteiger partial charge in [-0.1, -0.05) is 24.3 Å². The Hall–Kier alpha value is -1.87. The molecule has 0 fully saturated rings. The molecular formula is C17H19FN2. The van der Waals surface area contributed by atoms with E-state index in [9.17, 15) is 4.39 Å². The molecule has 1 heterocycles. The van der Waals surface area contributed by atoms with E-state index >= 15 is 0 Å². The Bertz CT molecular complexity index is 610. The molecule has 2 aromatic carbocycles. The van der Waals surface area contributed by atoms with E-state index in [0.29, 0.717) is 0 Å². The van der Waals surface area contributed by atoms with Gasteiger partial charge in [0.1, 0.15) is 5.82 Å². The van der Waals surface area contributed by atoms with Crippen LogP contribution in [0.5, 0.6) is 0 Å². The Balaban J connectivity index is 1.90. The van der Waals surface area contributed by atoms with Crippen LogP contribution in [0.15, 0.2) is 42.5 Å². The zero-order valence-electron chi connectivity index (χ0n) is 11.7. The number of benzene rings is 2. The maximum atomic E-state index is 13.2. The molecule has 0 spiro atoms. The second-order valence-electron chi connectivity index (χ2n) is 5.30. The molecule has 3 rings (SSSR count). The van der Waals surface area contributed by atoms with Gasteiger partial charge in [-0.2, -0.15) is 0 Å². The van der Waals surface area contributed by atoms with Gasteiger partial charge in [0.25, 0.3) is 0 Å². The summed E-state index contributed by atoms with van der Waals surface area (Å²) >= 11 is 0. The van der Waals surface area contributed by atoms with E-state index in [1.807, 2.05) is 13.0 Å². The van der Waals surface area contributed by atoms with Crippen LogP contribution in [0.4, 0.5) is 10.1 Å². The zero-order chi connectivity index (χ0) is 13.9. The summed E-state index contributed by atoms with van der Waals surface area (Å²) in [4.78, 5) is 2.37. The second-order valence-corrected chi connectivity index (χ2v) is 5.30. The van der Waals surface area contributed by atoms with Crippen LogP contribution < -0.4 is 10.2 Å². The molecule has 1 aliphatic rings. The SMILES string of the molecule is Cc1cc(F)ccc1CN1CCNCc2ccccc21. The summed E-state index contributed by atoms with van der Waals surface area (Å²) in [6.07, 6.45) is 0. The lowest BCUT2D eigenvalue weighted by molar-refractivity contribution is 0.624. The highest BCUT2D eigenvalue weighted by atomic mass is 19.1. The first-order valence-electron chi connectivity index (χ1n) is 7.02. The smallest absolute Gasteiger partial charge is 0.123 e. The van der Waals surface area contributed by atoms with Crippen LogP contribution in [0.2, 0.25) is 0 Å². The van der Waals surface area contributed by atoms with E-state index in [1.165, 1.54) is 16.8 Å². The van der Waals surface area contributed by atoms with E-state index in [-0.39, 0.29) is 5.82 Å². The molecule has 0 unspecified atom stereocenters. The van der Waals surface area contributed by atoms with Crippen molar-refractivity contribution in [2.75, 3.05) is 18.0 Å². The molecule has 1 N–H and O–H groups in total. The van der Waals surface area contributed by atoms with E-state index < -0.39 is 0 Å². The number of para-hydroxylation sites is 1. The Morgan fingerprint density at radius 2 is 2.05 bits per heavy atom. The molecular weight excluding hydrogens is 251 g/mol. The van der Waals surface area contributed by atoms with Gasteiger partial charge in [-0.05, 0) is 41.8 Å². The van der Waals surface area contributed by atoms with Crippen molar-refractivity contribution in [1.82, 2.24) is 5.32 Å². The number of fused-ring (bicyclic) bond motifs is 1. The van der Waals surface area contributed by atoms with Crippen molar-refractivity contribution in [2.45, 2.75) is 20.0 Å². The summed E-state index contributed by atoms with van der Waals surface area (Å²) in [5, 5.41) is 3.44. The Labute approximate surface area is 119 Å². The van der Waals surface area contributed by atoms with Gasteiger partial charge in [-0.15, -0.1) is 0 Å². The van der Waals surface area contributed by atoms with Gasteiger partial charge in [0.2, 0.25) is 0 Å². The van der Waals surface area contributed by atoms with Crippen molar-refractivity contribution in [3.8, 4) is 0 Å². The third-order valence-corrected chi connectivity index (χ3v) is 3.87. The molecule has 0 radical (unpaired) electrons. The molecule has 0 aromatic heterocycles. The van der Waals surface area contributed by atoms with Gasteiger partial charge in [0, 0.05) is 31.9 Å². The first-order chi connectivity index (χ1) is 9.74. The van der Waals surface area contributed by atoms with Crippen LogP contribution in [-0.4, -0.2) is 13.1 Å². The van der Waals surface area contributed by atoms with Crippen molar-refractivity contribution < 1.29 is 4.39 Å². The third-order valence-electron chi connectivity index (χ3n) is 3.87. The standard InChI is InChI=1S/C17H19FN2/c1-13-10-16(18)7-6-15(13)12-20-9-8-19-11-14-4-2-3-5-17(14)20/h2-7,10,19H,8-9,11-12H2,1H3. The predicted octanol–water partition coefficient (Wildman–Crippen LogP) is 3.24. The second kappa shape index (κ2) is 5.63. The average molecular weight is 270 g/mol. The number of aryl methyl sites for hydroxylation is 1. The maximum Gasteiger partial charge on any atom is 0.123 e. The van der Waals surface area contributed by atoms with Crippen LogP contribution in [-0.2, 0) is 13.1 Å². The van der Waals surface area contributed by atoms with Crippen LogP contribution in [0.25, 0.3) is 0 Å². The van der Waals surface area contributed by atoms with E-state index in [4.69, 9.17) is 0 Å². The lowest BCUT2D eigenvalue weighted by Crippen LogP contribution is -2.28. The summed E-state index contributed by atoms with van der Waals surface area (Å²) in [5.41, 5.74) is 4.80. The number of anilines is 1. The maximum absolute atomic E-state index is 13.2. The van der Waals surface area contributed by atoms with Gasteiger partial charge in [0.05, 0.1) is 0 Å². The average Bonchev–Trinajstić information content (AvgIpc) is 2.65. The zero-order valence-corrected chi connectivity index (χ0v) is 11.7. The Morgan fingerprint density at radius 1 is 1.20 bits per heavy atom. The first kappa shape index (κ1) is 13.1. The minimum Gasteiger partial charge on any atom is -0.366 e. The van der Waals surface area contributed by atoms with E-state index in [2.05, 4.69) is 34.5 Å². The Morgan fingerprint density at radius 3 is 2.90 bits per heavy atom. The topological polar surface area (TPSA) is 15.3 Å². The fourth-order valence-corrected chi connectivity index (χ4v) is 2.73. The van der Waals surface area contributed by atoms with Gasteiger partial charge >= 0.3 is 0 Å². The summed E-state index contributed by atoms with van der Waals surface area (Å²) in [6, 6.07) is 13.5. The van der Waals surface area contributed by atoms with Crippen LogP contribution in [0, 0.1) is 12.7 Å². The number of rotatable bonds is 2. The van der Waals surface area contributed by atoms with Crippen molar-refractivity contribution in [3.63, 3.8) is 0 Å². The molecule has 0 saturated carbocycles. The monoisotopic (exact) mass is 270 g/mol. The minimum atomic E-state index is -0.163.